The lowest BCUT2D eigenvalue weighted by Crippen LogP contribution is -2.24. The molecule has 1 aliphatic rings. The average molecular weight is 394 g/mol. The molecular formula is C22H25F3O3. The van der Waals surface area contributed by atoms with Crippen LogP contribution in [0.15, 0.2) is 30.3 Å². The maximum Gasteiger partial charge on any atom is 0.201 e. The van der Waals surface area contributed by atoms with Gasteiger partial charge in [0, 0.05) is 23.7 Å². The van der Waals surface area contributed by atoms with Crippen molar-refractivity contribution in [3.63, 3.8) is 0 Å². The Morgan fingerprint density at radius 2 is 1.75 bits per heavy atom. The van der Waals surface area contributed by atoms with Gasteiger partial charge in [-0.25, -0.2) is 8.78 Å². The van der Waals surface area contributed by atoms with Gasteiger partial charge in [-0.1, -0.05) is 12.1 Å². The molecule has 0 spiro atoms. The van der Waals surface area contributed by atoms with E-state index in [1.807, 2.05) is 6.92 Å². The lowest BCUT2D eigenvalue weighted by Gasteiger charge is -2.29. The van der Waals surface area contributed by atoms with Crippen molar-refractivity contribution in [2.75, 3.05) is 26.4 Å². The van der Waals surface area contributed by atoms with Crippen LogP contribution in [-0.2, 0) is 9.47 Å². The van der Waals surface area contributed by atoms with Gasteiger partial charge in [0.25, 0.3) is 0 Å². The molecule has 3 rings (SSSR count). The third kappa shape index (κ3) is 4.50. The van der Waals surface area contributed by atoms with Gasteiger partial charge in [0.15, 0.2) is 11.6 Å². The van der Waals surface area contributed by atoms with Crippen molar-refractivity contribution in [2.24, 2.45) is 5.92 Å². The largest absolute Gasteiger partial charge is 0.491 e. The van der Waals surface area contributed by atoms with Crippen LogP contribution in [0, 0.1) is 23.4 Å². The van der Waals surface area contributed by atoms with Crippen LogP contribution in [0.5, 0.6) is 5.75 Å². The van der Waals surface area contributed by atoms with Crippen LogP contribution in [0.4, 0.5) is 13.2 Å². The van der Waals surface area contributed by atoms with Crippen molar-refractivity contribution in [3.05, 3.63) is 53.3 Å². The number of ether oxygens (including phenoxy) is 3. The Bertz CT molecular complexity index is 802. The summed E-state index contributed by atoms with van der Waals surface area (Å²) in [7, 11) is 0. The number of halogens is 3. The fourth-order valence-corrected chi connectivity index (χ4v) is 3.44. The van der Waals surface area contributed by atoms with Gasteiger partial charge in [-0.2, -0.15) is 4.39 Å². The van der Waals surface area contributed by atoms with Gasteiger partial charge in [-0.15, -0.1) is 0 Å². The van der Waals surface area contributed by atoms with Crippen molar-refractivity contribution < 1.29 is 27.4 Å². The minimum absolute atomic E-state index is 0.00762. The van der Waals surface area contributed by atoms with E-state index in [1.165, 1.54) is 24.3 Å². The molecule has 2 atom stereocenters. The van der Waals surface area contributed by atoms with Gasteiger partial charge in [-0.05, 0) is 50.5 Å². The summed E-state index contributed by atoms with van der Waals surface area (Å²) in [6.07, 6.45) is 1.50. The van der Waals surface area contributed by atoms with Gasteiger partial charge >= 0.3 is 0 Å². The van der Waals surface area contributed by atoms with E-state index in [0.29, 0.717) is 31.3 Å². The van der Waals surface area contributed by atoms with Crippen LogP contribution < -0.4 is 4.74 Å². The Hall–Kier alpha value is -2.05. The molecule has 0 amide bonds. The van der Waals surface area contributed by atoms with Crippen LogP contribution in [0.25, 0.3) is 11.1 Å². The quantitative estimate of drug-likeness (QED) is 0.605. The van der Waals surface area contributed by atoms with Crippen LogP contribution >= 0.6 is 0 Å². The van der Waals surface area contributed by atoms with Crippen molar-refractivity contribution in [1.29, 1.82) is 0 Å². The van der Waals surface area contributed by atoms with E-state index in [4.69, 9.17) is 14.2 Å². The first-order valence-corrected chi connectivity index (χ1v) is 9.65. The predicted molar refractivity (Wildman–Crippen MR) is 101 cm³/mol. The highest BCUT2D eigenvalue weighted by Gasteiger charge is 2.24. The van der Waals surface area contributed by atoms with Gasteiger partial charge in [0.05, 0.1) is 25.9 Å². The second kappa shape index (κ2) is 9.43. The average Bonchev–Trinajstić information content (AvgIpc) is 2.71. The van der Waals surface area contributed by atoms with Gasteiger partial charge in [0.1, 0.15) is 5.82 Å². The lowest BCUT2D eigenvalue weighted by molar-refractivity contribution is -0.0421. The summed E-state index contributed by atoms with van der Waals surface area (Å²) in [6, 6.07) is 7.17. The van der Waals surface area contributed by atoms with Crippen molar-refractivity contribution >= 4 is 0 Å². The maximum atomic E-state index is 14.7. The molecule has 28 heavy (non-hydrogen) atoms. The van der Waals surface area contributed by atoms with Gasteiger partial charge in [0.2, 0.25) is 5.82 Å². The molecule has 0 radical (unpaired) electrons. The summed E-state index contributed by atoms with van der Waals surface area (Å²) in [5.41, 5.74) is 0.572. The molecule has 1 saturated heterocycles. The first-order valence-electron chi connectivity index (χ1n) is 9.65. The number of hydrogen-bond acceptors (Lipinski definition) is 3. The third-order valence-electron chi connectivity index (χ3n) is 4.93. The Morgan fingerprint density at radius 3 is 2.39 bits per heavy atom. The molecule has 0 aliphatic carbocycles. The van der Waals surface area contributed by atoms with Crippen LogP contribution in [-0.4, -0.2) is 26.4 Å². The molecule has 152 valence electrons. The minimum atomic E-state index is -1.12. The summed E-state index contributed by atoms with van der Waals surface area (Å²) < 4.78 is 59.5. The van der Waals surface area contributed by atoms with E-state index in [1.54, 1.807) is 13.0 Å². The minimum Gasteiger partial charge on any atom is -0.491 e. The van der Waals surface area contributed by atoms with Crippen LogP contribution in [0.2, 0.25) is 0 Å². The highest BCUT2D eigenvalue weighted by atomic mass is 19.2. The number of rotatable bonds is 7. The van der Waals surface area contributed by atoms with E-state index in [2.05, 4.69) is 0 Å². The molecule has 0 bridgehead atoms. The number of benzene rings is 2. The van der Waals surface area contributed by atoms with E-state index in [-0.39, 0.29) is 29.6 Å². The molecule has 1 fully saturated rings. The molecule has 3 nitrogen and oxygen atoms in total. The van der Waals surface area contributed by atoms with Crippen LogP contribution in [0.3, 0.4) is 0 Å². The number of hydrogen-bond donors (Lipinski definition) is 0. The topological polar surface area (TPSA) is 27.7 Å². The fraction of sp³-hybridized carbons (Fsp3) is 0.455. The normalized spacial score (nSPS) is 19.6. The van der Waals surface area contributed by atoms with Crippen LogP contribution in [0.1, 0.15) is 38.4 Å². The Labute approximate surface area is 163 Å². The summed E-state index contributed by atoms with van der Waals surface area (Å²) in [6.45, 7) is 5.75. The maximum absolute atomic E-state index is 14.7. The molecule has 1 aliphatic heterocycles. The summed E-state index contributed by atoms with van der Waals surface area (Å²) in [5, 5.41) is 0. The van der Waals surface area contributed by atoms with Gasteiger partial charge in [-0.3, -0.25) is 0 Å². The van der Waals surface area contributed by atoms with Crippen molar-refractivity contribution in [3.8, 4) is 16.9 Å². The Kier molecular flexibility index (Phi) is 6.97. The molecule has 0 N–H and O–H groups in total. The Balaban J connectivity index is 1.76. The Morgan fingerprint density at radius 1 is 0.964 bits per heavy atom. The summed E-state index contributed by atoms with van der Waals surface area (Å²) in [5.74, 6) is -2.68. The van der Waals surface area contributed by atoms with E-state index >= 15 is 0 Å². The predicted octanol–water partition coefficient (Wildman–Crippen LogP) is 5.67. The first kappa shape index (κ1) is 20.7. The first-order chi connectivity index (χ1) is 13.5. The fourth-order valence-electron chi connectivity index (χ4n) is 3.44. The van der Waals surface area contributed by atoms with Gasteiger partial charge < -0.3 is 14.2 Å². The second-order valence-corrected chi connectivity index (χ2v) is 6.84. The molecule has 6 heteroatoms. The zero-order valence-corrected chi connectivity index (χ0v) is 16.1. The summed E-state index contributed by atoms with van der Waals surface area (Å²) >= 11 is 0. The zero-order chi connectivity index (χ0) is 20.1. The molecular weight excluding hydrogens is 369 g/mol. The highest BCUT2D eigenvalue weighted by Crippen LogP contribution is 2.35. The molecule has 0 aromatic heterocycles. The smallest absolute Gasteiger partial charge is 0.201 e. The molecule has 1 heterocycles. The van der Waals surface area contributed by atoms with E-state index in [0.717, 1.165) is 12.8 Å². The SMILES string of the molecule is CCOCC1CCC(c2ccc(-c3ccc(OCC)c(F)c3F)c(F)c2)OC1. The van der Waals surface area contributed by atoms with Crippen molar-refractivity contribution in [1.82, 2.24) is 0 Å². The molecule has 2 aromatic carbocycles. The zero-order valence-electron chi connectivity index (χ0n) is 16.1. The standard InChI is InChI=1S/C22H25F3O3/c1-3-26-12-14-5-9-19(28-13-14)15-6-7-16(18(23)11-15)17-8-10-20(27-4-2)22(25)21(17)24/h6-8,10-11,14,19H,3-5,9,12-13H2,1-2H3. The van der Waals surface area contributed by atoms with E-state index < -0.39 is 17.5 Å². The summed E-state index contributed by atoms with van der Waals surface area (Å²) in [4.78, 5) is 0. The third-order valence-corrected chi connectivity index (χ3v) is 4.93. The molecule has 2 aromatic rings. The molecule has 0 saturated carbocycles. The lowest BCUT2D eigenvalue weighted by atomic mass is 9.93. The van der Waals surface area contributed by atoms with Crippen molar-refractivity contribution in [2.45, 2.75) is 32.8 Å². The molecule has 2 unspecified atom stereocenters. The second-order valence-electron chi connectivity index (χ2n) is 6.84. The van der Waals surface area contributed by atoms with E-state index in [9.17, 15) is 13.2 Å². The monoisotopic (exact) mass is 394 g/mol. The highest BCUT2D eigenvalue weighted by molar-refractivity contribution is 5.66.